The Labute approximate surface area is 333 Å². The Bertz CT molecular complexity index is 2400. The van der Waals surface area contributed by atoms with Crippen molar-refractivity contribution >= 4 is 84.5 Å². The van der Waals surface area contributed by atoms with Crippen molar-refractivity contribution in [2.75, 3.05) is 61.9 Å². The van der Waals surface area contributed by atoms with E-state index in [-0.39, 0.29) is 36.7 Å². The zero-order valence-electron chi connectivity index (χ0n) is 31.5. The largest absolute Gasteiger partial charge is 0.384 e. The normalized spacial score (nSPS) is 16.1. The predicted molar refractivity (Wildman–Crippen MR) is 223 cm³/mol. The van der Waals surface area contributed by atoms with Crippen molar-refractivity contribution in [3.05, 3.63) is 114 Å². The number of carbonyl (C=O) groups is 4. The average molecular weight is 790 g/mol. The van der Waals surface area contributed by atoms with Gasteiger partial charge in [0.05, 0.1) is 20.1 Å². The van der Waals surface area contributed by atoms with E-state index in [4.69, 9.17) is 0 Å². The van der Waals surface area contributed by atoms with Crippen molar-refractivity contribution in [1.82, 2.24) is 14.4 Å². The predicted octanol–water partition coefficient (Wildman–Crippen LogP) is 4.24. The van der Waals surface area contributed by atoms with Crippen LogP contribution >= 0.6 is 21.6 Å². The van der Waals surface area contributed by atoms with Gasteiger partial charge in [-0.15, -0.1) is 0 Å². The minimum Gasteiger partial charge on any atom is -0.384 e. The maximum Gasteiger partial charge on any atom is 0.335 e. The zero-order chi connectivity index (χ0) is 38.8. The standard InChI is InChI=1S/C42H42N8O4S2/c1-45-19-21-47(27-45)17-5-15-43-35-13-11-33-37-29(35)7-3-9-31(37)39(51)49(41(33)53)23-25-55-56-26-24-50-40(52)32-10-4-8-30-36(14-12-34(38(30)32)42(50)54)44-16-6-18-48-22-20-46(2)28-48/h3-4,7-14,19-22,27-28H,5-6,15-18,23-26H2,1-2H3/p+3. The van der Waals surface area contributed by atoms with E-state index >= 15 is 0 Å². The number of aryl methyl sites for hydroxylation is 2. The van der Waals surface area contributed by atoms with E-state index in [0.29, 0.717) is 44.5 Å². The first-order chi connectivity index (χ1) is 27.3. The molecule has 56 heavy (non-hydrogen) atoms. The lowest BCUT2D eigenvalue weighted by molar-refractivity contribution is -0.748. The first-order valence-corrected chi connectivity index (χ1v) is 21.4. The minimum atomic E-state index is -0.292. The van der Waals surface area contributed by atoms with Gasteiger partial charge in [-0.25, -0.2) is 14.0 Å². The number of aromatic nitrogens is 2. The fourth-order valence-electron chi connectivity index (χ4n) is 7.72. The molecule has 0 radical (unpaired) electrons. The van der Waals surface area contributed by atoms with Crippen molar-refractivity contribution in [3.8, 4) is 0 Å². The zero-order valence-corrected chi connectivity index (χ0v) is 33.1. The van der Waals surface area contributed by atoms with Gasteiger partial charge in [-0.2, -0.15) is 4.58 Å². The molecule has 14 heteroatoms. The molecular formula is C42H45N8O4S2+3. The molecule has 1 unspecified atom stereocenters. The van der Waals surface area contributed by atoms with Crippen molar-refractivity contribution in [2.45, 2.75) is 19.4 Å². The van der Waals surface area contributed by atoms with Crippen molar-refractivity contribution in [2.24, 2.45) is 7.05 Å². The van der Waals surface area contributed by atoms with Crippen molar-refractivity contribution < 1.29 is 33.2 Å². The van der Waals surface area contributed by atoms with Crippen LogP contribution < -0.4 is 20.1 Å². The van der Waals surface area contributed by atoms with E-state index in [9.17, 15) is 19.2 Å². The van der Waals surface area contributed by atoms with Crippen LogP contribution in [0.5, 0.6) is 0 Å². The van der Waals surface area contributed by atoms with Gasteiger partial charge in [0.2, 0.25) is 12.5 Å². The highest BCUT2D eigenvalue weighted by atomic mass is 33.1. The molecule has 8 rings (SSSR count). The summed E-state index contributed by atoms with van der Waals surface area (Å²) in [6, 6.07) is 18.8. The third-order valence-electron chi connectivity index (χ3n) is 10.4. The topological polar surface area (TPSA) is 115 Å². The van der Waals surface area contributed by atoms with E-state index in [0.717, 1.165) is 61.2 Å². The number of imide groups is 2. The van der Waals surface area contributed by atoms with E-state index < -0.39 is 0 Å². The summed E-state index contributed by atoms with van der Waals surface area (Å²) in [5.74, 6) is -0.141. The Kier molecular flexibility index (Phi) is 10.9. The Morgan fingerprint density at radius 1 is 0.661 bits per heavy atom. The van der Waals surface area contributed by atoms with Gasteiger partial charge >= 0.3 is 6.34 Å². The number of nitrogens with one attached hydrogen (secondary N) is 3. The molecule has 1 atom stereocenters. The highest BCUT2D eigenvalue weighted by Gasteiger charge is 2.34. The Hall–Kier alpha value is -5.44. The molecule has 286 valence electrons. The maximum absolute atomic E-state index is 13.6. The van der Waals surface area contributed by atoms with Gasteiger partial charge in [-0.1, -0.05) is 45.9 Å². The molecular weight excluding hydrogens is 745 g/mol. The van der Waals surface area contributed by atoms with Crippen LogP contribution in [0, 0.1) is 0 Å². The molecule has 4 heterocycles. The smallest absolute Gasteiger partial charge is 0.335 e. The summed E-state index contributed by atoms with van der Waals surface area (Å²) in [5.41, 5.74) is 3.94. The van der Waals surface area contributed by atoms with Gasteiger partial charge in [0.25, 0.3) is 23.6 Å². The minimum absolute atomic E-state index is 0.252. The summed E-state index contributed by atoms with van der Waals surface area (Å²) >= 11 is 0. The maximum atomic E-state index is 13.6. The second-order valence-corrected chi connectivity index (χ2v) is 17.0. The Morgan fingerprint density at radius 3 is 1.70 bits per heavy atom. The highest BCUT2D eigenvalue weighted by molar-refractivity contribution is 8.76. The van der Waals surface area contributed by atoms with E-state index in [2.05, 4.69) is 27.7 Å². The molecule has 0 aliphatic carbocycles. The molecule has 5 aromatic rings. The van der Waals surface area contributed by atoms with Gasteiger partial charge in [-0.3, -0.25) is 29.0 Å². The SMILES string of the molecule is C[N+]1=C[NH+](CCCNc2ccc3c4c(cccc24)C(=O)N(CCSSCCN2C(=O)c4cccc5c(NCCCn6cc[n+](C)c6)ccc(c45)C2=O)C3=O)C=C1. The van der Waals surface area contributed by atoms with Gasteiger partial charge in [-0.05, 0) is 36.4 Å². The second kappa shape index (κ2) is 16.3. The van der Waals surface area contributed by atoms with Crippen LogP contribution in [0.1, 0.15) is 54.3 Å². The van der Waals surface area contributed by atoms with E-state index in [1.54, 1.807) is 12.1 Å². The fraction of sp³-hybridized carbons (Fsp3) is 0.286. The highest BCUT2D eigenvalue weighted by Crippen LogP contribution is 2.36. The summed E-state index contributed by atoms with van der Waals surface area (Å²) in [6.45, 7) is 3.87. The quantitative estimate of drug-likeness (QED) is 0.0556. The van der Waals surface area contributed by atoms with Crippen LogP contribution in [0.4, 0.5) is 11.4 Å². The molecule has 3 aliphatic rings. The van der Waals surface area contributed by atoms with Crippen molar-refractivity contribution in [3.63, 3.8) is 0 Å². The monoisotopic (exact) mass is 789 g/mol. The summed E-state index contributed by atoms with van der Waals surface area (Å²) in [6.07, 6.45) is 14.3. The van der Waals surface area contributed by atoms with Crippen LogP contribution in [-0.2, 0) is 13.6 Å². The summed E-state index contributed by atoms with van der Waals surface area (Å²) in [5, 5.41) is 10.2. The molecule has 4 aromatic carbocycles. The molecule has 1 aromatic heterocycles. The lowest BCUT2D eigenvalue weighted by atomic mass is 9.93. The van der Waals surface area contributed by atoms with Gasteiger partial charge < -0.3 is 10.6 Å². The number of anilines is 2. The number of carbonyl (C=O) groups excluding carboxylic acids is 4. The number of amides is 4. The summed E-state index contributed by atoms with van der Waals surface area (Å²) in [4.78, 5) is 58.5. The third-order valence-corrected chi connectivity index (χ3v) is 12.8. The molecule has 12 nitrogen and oxygen atoms in total. The van der Waals surface area contributed by atoms with E-state index in [1.165, 1.54) is 36.3 Å². The molecule has 0 bridgehead atoms. The number of hydrogen-bond donors (Lipinski definition) is 3. The second-order valence-electron chi connectivity index (χ2n) is 14.3. The van der Waals surface area contributed by atoms with Gasteiger partial charge in [0.1, 0.15) is 19.4 Å². The van der Waals surface area contributed by atoms with Crippen LogP contribution in [0.15, 0.2) is 91.8 Å². The third kappa shape index (κ3) is 7.43. The van der Waals surface area contributed by atoms with Crippen LogP contribution in [0.3, 0.4) is 0 Å². The number of quaternary nitrogens is 1. The number of rotatable bonds is 17. The van der Waals surface area contributed by atoms with E-state index in [1.807, 2.05) is 96.7 Å². The number of imidazole rings is 1. The Balaban J connectivity index is 0.829. The number of nitrogens with zero attached hydrogens (tertiary/aromatic N) is 5. The molecule has 0 saturated carbocycles. The Morgan fingerprint density at radius 2 is 1.20 bits per heavy atom. The lowest BCUT2D eigenvalue weighted by Crippen LogP contribution is -3.06. The van der Waals surface area contributed by atoms with Crippen LogP contribution in [0.25, 0.3) is 21.5 Å². The lowest BCUT2D eigenvalue weighted by Gasteiger charge is -2.28. The molecule has 3 N–H and O–H groups in total. The summed E-state index contributed by atoms with van der Waals surface area (Å²) < 4.78 is 6.20. The van der Waals surface area contributed by atoms with Gasteiger partial charge in [0, 0.05) is 106 Å². The van der Waals surface area contributed by atoms with Crippen LogP contribution in [-0.4, -0.2) is 100 Å². The fourth-order valence-corrected chi connectivity index (χ4v) is 9.63. The molecule has 3 aliphatic heterocycles. The average Bonchev–Trinajstić information content (AvgIpc) is 3.83. The molecule has 0 spiro atoms. The van der Waals surface area contributed by atoms with Gasteiger partial charge in [0.15, 0.2) is 6.20 Å². The number of benzene rings is 4. The molecule has 0 fully saturated rings. The first kappa shape index (κ1) is 37.5. The first-order valence-electron chi connectivity index (χ1n) is 19.0. The van der Waals surface area contributed by atoms with Crippen molar-refractivity contribution in [1.29, 1.82) is 0 Å². The van der Waals surface area contributed by atoms with Crippen LogP contribution in [0.2, 0.25) is 0 Å². The summed E-state index contributed by atoms with van der Waals surface area (Å²) in [7, 11) is 7.06. The molecule has 4 amide bonds. The molecule has 0 saturated heterocycles. The number of hydrogen-bond acceptors (Lipinski definition) is 8.